The molecule has 108 valence electrons. The zero-order valence-corrected chi connectivity index (χ0v) is 13.5. The van der Waals surface area contributed by atoms with E-state index in [0.717, 1.165) is 11.3 Å². The normalized spacial score (nSPS) is 12.6. The van der Waals surface area contributed by atoms with Crippen molar-refractivity contribution in [2.45, 2.75) is 30.6 Å². The van der Waals surface area contributed by atoms with Gasteiger partial charge in [-0.3, -0.25) is 0 Å². The SMILES string of the molecule is CCOC(C)(C)CNS(=O)(=O)c1ccc(C(N)=S)s1. The molecule has 0 radical (unpaired) electrons. The van der Waals surface area contributed by atoms with Gasteiger partial charge in [-0.25, -0.2) is 13.1 Å². The van der Waals surface area contributed by atoms with Gasteiger partial charge < -0.3 is 10.5 Å². The molecule has 0 saturated carbocycles. The summed E-state index contributed by atoms with van der Waals surface area (Å²) in [6.45, 7) is 6.24. The third-order valence-electron chi connectivity index (χ3n) is 2.31. The van der Waals surface area contributed by atoms with Crippen LogP contribution in [-0.4, -0.2) is 32.2 Å². The first-order chi connectivity index (χ1) is 8.68. The molecule has 0 aromatic carbocycles. The fourth-order valence-corrected chi connectivity index (χ4v) is 3.97. The van der Waals surface area contributed by atoms with Gasteiger partial charge in [-0.2, -0.15) is 0 Å². The Bertz CT molecular complexity index is 549. The summed E-state index contributed by atoms with van der Waals surface area (Å²) in [5, 5.41) is 0. The number of nitrogens with one attached hydrogen (secondary N) is 1. The zero-order chi connectivity index (χ0) is 14.7. The van der Waals surface area contributed by atoms with E-state index in [0.29, 0.717) is 11.5 Å². The van der Waals surface area contributed by atoms with Crippen LogP contribution in [0.4, 0.5) is 0 Å². The molecule has 0 amide bonds. The average Bonchev–Trinajstić information content (AvgIpc) is 2.77. The van der Waals surface area contributed by atoms with Crippen molar-refractivity contribution in [3.05, 3.63) is 17.0 Å². The predicted molar refractivity (Wildman–Crippen MR) is 81.1 cm³/mol. The van der Waals surface area contributed by atoms with E-state index >= 15 is 0 Å². The van der Waals surface area contributed by atoms with Gasteiger partial charge in [0.15, 0.2) is 0 Å². The molecule has 5 nitrogen and oxygen atoms in total. The Kier molecular flexibility index (Phi) is 5.45. The minimum atomic E-state index is -3.55. The number of hydrogen-bond acceptors (Lipinski definition) is 5. The monoisotopic (exact) mass is 322 g/mol. The predicted octanol–water partition coefficient (Wildman–Crippen LogP) is 1.48. The Morgan fingerprint density at radius 2 is 2.16 bits per heavy atom. The average molecular weight is 322 g/mol. The second kappa shape index (κ2) is 6.27. The van der Waals surface area contributed by atoms with Gasteiger partial charge in [0.25, 0.3) is 0 Å². The summed E-state index contributed by atoms with van der Waals surface area (Å²) in [4.78, 5) is 0.778. The van der Waals surface area contributed by atoms with Crippen molar-refractivity contribution in [3.8, 4) is 0 Å². The summed E-state index contributed by atoms with van der Waals surface area (Å²) < 4.78 is 32.3. The lowest BCUT2D eigenvalue weighted by molar-refractivity contribution is -0.00514. The van der Waals surface area contributed by atoms with Crippen LogP contribution >= 0.6 is 23.6 Å². The van der Waals surface area contributed by atoms with Crippen molar-refractivity contribution >= 4 is 38.6 Å². The lowest BCUT2D eigenvalue weighted by Gasteiger charge is -2.24. The van der Waals surface area contributed by atoms with Gasteiger partial charge >= 0.3 is 0 Å². The lowest BCUT2D eigenvalue weighted by atomic mass is 10.1. The van der Waals surface area contributed by atoms with E-state index in [4.69, 9.17) is 22.7 Å². The van der Waals surface area contributed by atoms with Crippen molar-refractivity contribution in [2.75, 3.05) is 13.2 Å². The number of hydrogen-bond donors (Lipinski definition) is 2. The number of rotatable bonds is 7. The van der Waals surface area contributed by atoms with Crippen molar-refractivity contribution in [1.29, 1.82) is 0 Å². The molecule has 3 N–H and O–H groups in total. The molecule has 1 heterocycles. The van der Waals surface area contributed by atoms with Gasteiger partial charge in [-0.1, -0.05) is 12.2 Å². The molecule has 19 heavy (non-hydrogen) atoms. The van der Waals surface area contributed by atoms with Crippen LogP contribution in [0.2, 0.25) is 0 Å². The fraction of sp³-hybridized carbons (Fsp3) is 0.545. The first-order valence-electron chi connectivity index (χ1n) is 5.71. The van der Waals surface area contributed by atoms with Crippen molar-refractivity contribution in [1.82, 2.24) is 4.72 Å². The van der Waals surface area contributed by atoms with Gasteiger partial charge in [-0.05, 0) is 32.9 Å². The van der Waals surface area contributed by atoms with E-state index in [-0.39, 0.29) is 15.7 Å². The highest BCUT2D eigenvalue weighted by atomic mass is 32.2. The van der Waals surface area contributed by atoms with Crippen LogP contribution in [0.25, 0.3) is 0 Å². The number of sulfonamides is 1. The van der Waals surface area contributed by atoms with Gasteiger partial charge in [0, 0.05) is 13.2 Å². The Balaban J connectivity index is 2.78. The first kappa shape index (κ1) is 16.5. The van der Waals surface area contributed by atoms with Gasteiger partial charge in [0.05, 0.1) is 10.5 Å². The van der Waals surface area contributed by atoms with Crippen molar-refractivity contribution < 1.29 is 13.2 Å². The van der Waals surface area contributed by atoms with Crippen LogP contribution in [-0.2, 0) is 14.8 Å². The van der Waals surface area contributed by atoms with E-state index in [1.165, 1.54) is 6.07 Å². The Morgan fingerprint density at radius 1 is 1.53 bits per heavy atom. The molecule has 0 saturated heterocycles. The number of thiocarbonyl (C=S) groups is 1. The van der Waals surface area contributed by atoms with E-state index in [9.17, 15) is 8.42 Å². The Hall–Kier alpha value is -0.540. The maximum absolute atomic E-state index is 12.1. The summed E-state index contributed by atoms with van der Waals surface area (Å²) in [7, 11) is -3.55. The quantitative estimate of drug-likeness (QED) is 0.743. The van der Waals surface area contributed by atoms with Crippen LogP contribution < -0.4 is 10.5 Å². The van der Waals surface area contributed by atoms with Gasteiger partial charge in [0.1, 0.15) is 9.20 Å². The summed E-state index contributed by atoms with van der Waals surface area (Å²) in [6.07, 6.45) is 0. The second-order valence-electron chi connectivity index (χ2n) is 4.50. The summed E-state index contributed by atoms with van der Waals surface area (Å²) >= 11 is 5.86. The van der Waals surface area contributed by atoms with Crippen LogP contribution in [0.15, 0.2) is 16.3 Å². The van der Waals surface area contributed by atoms with E-state index in [1.807, 2.05) is 20.8 Å². The Morgan fingerprint density at radius 3 is 2.63 bits per heavy atom. The van der Waals surface area contributed by atoms with E-state index < -0.39 is 15.6 Å². The van der Waals surface area contributed by atoms with Crippen LogP contribution in [0.1, 0.15) is 25.6 Å². The summed E-state index contributed by atoms with van der Waals surface area (Å²) in [5.41, 5.74) is 4.91. The Labute approximate surface area is 123 Å². The van der Waals surface area contributed by atoms with Crippen LogP contribution in [0.5, 0.6) is 0 Å². The van der Waals surface area contributed by atoms with E-state index in [1.54, 1.807) is 6.07 Å². The summed E-state index contributed by atoms with van der Waals surface area (Å²) in [6, 6.07) is 3.10. The maximum atomic E-state index is 12.1. The summed E-state index contributed by atoms with van der Waals surface area (Å²) in [5.74, 6) is 0. The lowest BCUT2D eigenvalue weighted by Crippen LogP contribution is -2.40. The number of ether oxygens (including phenoxy) is 1. The highest BCUT2D eigenvalue weighted by Gasteiger charge is 2.23. The molecule has 0 fully saturated rings. The largest absolute Gasteiger partial charge is 0.389 e. The molecule has 0 atom stereocenters. The molecule has 0 bridgehead atoms. The van der Waals surface area contributed by atoms with Gasteiger partial charge in [-0.15, -0.1) is 11.3 Å². The zero-order valence-electron chi connectivity index (χ0n) is 11.1. The highest BCUT2D eigenvalue weighted by molar-refractivity contribution is 7.91. The molecule has 1 aromatic rings. The third kappa shape index (κ3) is 4.81. The molecule has 0 unspecified atom stereocenters. The number of nitrogens with two attached hydrogens (primary N) is 1. The number of thiophene rings is 1. The molecule has 1 aromatic heterocycles. The molecule has 8 heteroatoms. The van der Waals surface area contributed by atoms with E-state index in [2.05, 4.69) is 4.72 Å². The topological polar surface area (TPSA) is 81.4 Å². The molecular formula is C11H18N2O3S3. The van der Waals surface area contributed by atoms with Gasteiger partial charge in [0.2, 0.25) is 10.0 Å². The molecule has 1 rings (SSSR count). The molecule has 0 aliphatic rings. The smallest absolute Gasteiger partial charge is 0.250 e. The van der Waals surface area contributed by atoms with Crippen LogP contribution in [0, 0.1) is 0 Å². The minimum absolute atomic E-state index is 0.195. The molecule has 0 spiro atoms. The van der Waals surface area contributed by atoms with Crippen molar-refractivity contribution in [2.24, 2.45) is 5.73 Å². The molecular weight excluding hydrogens is 304 g/mol. The van der Waals surface area contributed by atoms with Crippen molar-refractivity contribution in [3.63, 3.8) is 0 Å². The minimum Gasteiger partial charge on any atom is -0.389 e. The van der Waals surface area contributed by atoms with Crippen LogP contribution in [0.3, 0.4) is 0 Å². The fourth-order valence-electron chi connectivity index (χ4n) is 1.38. The maximum Gasteiger partial charge on any atom is 0.250 e. The third-order valence-corrected chi connectivity index (χ3v) is 5.67. The molecule has 0 aliphatic heterocycles. The standard InChI is InChI=1S/C11H18N2O3S3/c1-4-16-11(2,3)7-13-19(14,15)9-6-5-8(18-9)10(12)17/h5-6,13H,4,7H2,1-3H3,(H2,12,17). The first-order valence-corrected chi connectivity index (χ1v) is 8.42. The highest BCUT2D eigenvalue weighted by Crippen LogP contribution is 2.21. The molecule has 0 aliphatic carbocycles. The second-order valence-corrected chi connectivity index (χ2v) is 8.02.